The maximum absolute atomic E-state index is 13.7. The first-order chi connectivity index (χ1) is 18.5. The van der Waals surface area contributed by atoms with Crippen LogP contribution in [0.25, 0.3) is 10.9 Å². The molecule has 0 spiro atoms. The van der Waals surface area contributed by atoms with E-state index in [0.29, 0.717) is 24.5 Å². The molecule has 0 radical (unpaired) electrons. The molecule has 0 aliphatic carbocycles. The average molecular weight is 507 g/mol. The predicted octanol–water partition coefficient (Wildman–Crippen LogP) is 4.34. The number of benzene rings is 3. The Hall–Kier alpha value is -4.30. The summed E-state index contributed by atoms with van der Waals surface area (Å²) in [6.45, 7) is 6.08. The summed E-state index contributed by atoms with van der Waals surface area (Å²) in [5.41, 5.74) is 7.22. The molecule has 38 heavy (non-hydrogen) atoms. The van der Waals surface area contributed by atoms with Gasteiger partial charge in [0.1, 0.15) is 11.8 Å². The van der Waals surface area contributed by atoms with Crippen LogP contribution in [0.1, 0.15) is 45.2 Å². The number of pyridine rings is 1. The summed E-state index contributed by atoms with van der Waals surface area (Å²) in [7, 11) is 1.65. The predicted molar refractivity (Wildman–Crippen MR) is 146 cm³/mol. The van der Waals surface area contributed by atoms with Crippen LogP contribution in [0.2, 0.25) is 0 Å². The summed E-state index contributed by atoms with van der Waals surface area (Å²) < 4.78 is 7.11. The fourth-order valence-electron chi connectivity index (χ4n) is 5.46. The number of H-pyrrole nitrogens is 1. The van der Waals surface area contributed by atoms with E-state index in [1.165, 1.54) is 11.1 Å². The second-order valence-electron chi connectivity index (χ2n) is 9.98. The fraction of sp³-hybridized carbons (Fsp3) is 0.267. The Balaban J connectivity index is 1.48. The number of nitrogens with zero attached hydrogens (tertiary/aromatic N) is 5. The van der Waals surface area contributed by atoms with Crippen molar-refractivity contribution in [3.63, 3.8) is 0 Å². The topological polar surface area (TPSA) is 88.9 Å². The van der Waals surface area contributed by atoms with Crippen LogP contribution in [0.5, 0.6) is 5.75 Å². The largest absolute Gasteiger partial charge is 0.497 e. The molecule has 6 rings (SSSR count). The number of hydrogen-bond acceptors (Lipinski definition) is 6. The fourth-order valence-corrected chi connectivity index (χ4v) is 5.46. The van der Waals surface area contributed by atoms with Crippen molar-refractivity contribution in [3.05, 3.63) is 116 Å². The van der Waals surface area contributed by atoms with Gasteiger partial charge in [-0.25, -0.2) is 4.68 Å². The van der Waals surface area contributed by atoms with Crippen LogP contribution in [0.4, 0.5) is 0 Å². The van der Waals surface area contributed by atoms with Crippen molar-refractivity contribution >= 4 is 10.9 Å². The van der Waals surface area contributed by atoms with E-state index in [-0.39, 0.29) is 5.56 Å². The lowest BCUT2D eigenvalue weighted by Crippen LogP contribution is -2.38. The maximum atomic E-state index is 13.7. The molecule has 192 valence electrons. The van der Waals surface area contributed by atoms with Gasteiger partial charge in [-0.15, -0.1) is 5.10 Å². The quantitative estimate of drug-likeness (QED) is 0.369. The Bertz CT molecular complexity index is 1670. The van der Waals surface area contributed by atoms with Crippen molar-refractivity contribution in [2.45, 2.75) is 39.4 Å². The van der Waals surface area contributed by atoms with Gasteiger partial charge >= 0.3 is 0 Å². The molecule has 0 saturated heterocycles. The molecule has 0 saturated carbocycles. The molecule has 1 unspecified atom stereocenters. The third kappa shape index (κ3) is 4.37. The summed E-state index contributed by atoms with van der Waals surface area (Å²) in [6.07, 6.45) is 0.899. The van der Waals surface area contributed by atoms with E-state index in [4.69, 9.17) is 4.74 Å². The molecule has 2 aromatic heterocycles. The van der Waals surface area contributed by atoms with Crippen molar-refractivity contribution in [1.82, 2.24) is 30.1 Å². The number of aryl methyl sites for hydroxylation is 2. The number of aromatic nitrogens is 5. The van der Waals surface area contributed by atoms with E-state index in [0.717, 1.165) is 46.3 Å². The highest BCUT2D eigenvalue weighted by Gasteiger charge is 2.32. The van der Waals surface area contributed by atoms with Crippen LogP contribution < -0.4 is 10.3 Å². The third-order valence-electron chi connectivity index (χ3n) is 7.59. The highest BCUT2D eigenvalue weighted by atomic mass is 16.5. The van der Waals surface area contributed by atoms with Crippen molar-refractivity contribution in [2.75, 3.05) is 13.7 Å². The molecule has 1 N–H and O–H groups in total. The number of fused-ring (bicyclic) bond motifs is 2. The van der Waals surface area contributed by atoms with E-state index in [1.54, 1.807) is 11.8 Å². The van der Waals surface area contributed by atoms with Gasteiger partial charge in [0.05, 0.1) is 19.2 Å². The van der Waals surface area contributed by atoms with Crippen LogP contribution >= 0.6 is 0 Å². The van der Waals surface area contributed by atoms with E-state index >= 15 is 0 Å². The minimum atomic E-state index is -0.412. The molecular weight excluding hydrogens is 476 g/mol. The number of aromatic amines is 1. The summed E-state index contributed by atoms with van der Waals surface area (Å²) in [5, 5.41) is 13.9. The van der Waals surface area contributed by atoms with Crippen LogP contribution in [0.3, 0.4) is 0 Å². The Labute approximate surface area is 220 Å². The number of tetrazole rings is 1. The number of methoxy groups -OCH3 is 1. The zero-order valence-corrected chi connectivity index (χ0v) is 21.8. The first-order valence-electron chi connectivity index (χ1n) is 12.8. The molecule has 3 heterocycles. The highest BCUT2D eigenvalue weighted by Crippen LogP contribution is 2.32. The van der Waals surface area contributed by atoms with Crippen molar-refractivity contribution in [2.24, 2.45) is 0 Å². The molecule has 3 aromatic carbocycles. The Morgan fingerprint density at radius 1 is 1.00 bits per heavy atom. The van der Waals surface area contributed by atoms with E-state index in [9.17, 15) is 4.79 Å². The van der Waals surface area contributed by atoms with Crippen LogP contribution in [0.15, 0.2) is 71.5 Å². The van der Waals surface area contributed by atoms with Gasteiger partial charge in [0.2, 0.25) is 0 Å². The van der Waals surface area contributed by atoms with Gasteiger partial charge < -0.3 is 9.72 Å². The number of rotatable bonds is 6. The monoisotopic (exact) mass is 506 g/mol. The van der Waals surface area contributed by atoms with Crippen LogP contribution in [-0.2, 0) is 19.5 Å². The molecule has 0 bridgehead atoms. The van der Waals surface area contributed by atoms with E-state index in [2.05, 4.69) is 62.7 Å². The molecular formula is C30H30N6O2. The smallest absolute Gasteiger partial charge is 0.253 e. The standard InChI is InChI=1S/C30H30N6O2/c1-19-8-9-20(2)27-25(19)16-26(30(37)31-27)28(35-15-14-22-6-4-5-7-23(22)18-35)29-32-33-34-36(29)17-21-10-12-24(38-3)13-11-21/h4-13,16,28H,14-15,17-18H2,1-3H3,(H,31,37). The molecule has 1 aliphatic heterocycles. The zero-order valence-electron chi connectivity index (χ0n) is 21.8. The van der Waals surface area contributed by atoms with Crippen LogP contribution in [0, 0.1) is 13.8 Å². The molecule has 1 atom stereocenters. The number of nitrogens with one attached hydrogen (secondary N) is 1. The summed E-state index contributed by atoms with van der Waals surface area (Å²) in [6, 6.07) is 22.1. The Morgan fingerprint density at radius 3 is 2.55 bits per heavy atom. The van der Waals surface area contributed by atoms with Gasteiger partial charge in [-0.05, 0) is 76.7 Å². The summed E-state index contributed by atoms with van der Waals surface area (Å²) >= 11 is 0. The SMILES string of the molecule is COc1ccc(Cn2nnnc2C(c2cc3c(C)ccc(C)c3[nH]c2=O)N2CCc3ccccc3C2)cc1. The van der Waals surface area contributed by atoms with Crippen molar-refractivity contribution in [3.8, 4) is 5.75 Å². The van der Waals surface area contributed by atoms with Gasteiger partial charge in [-0.1, -0.05) is 48.5 Å². The lowest BCUT2D eigenvalue weighted by Gasteiger charge is -2.35. The average Bonchev–Trinajstić information content (AvgIpc) is 3.39. The van der Waals surface area contributed by atoms with E-state index < -0.39 is 6.04 Å². The number of ether oxygens (including phenoxy) is 1. The van der Waals surface area contributed by atoms with Gasteiger partial charge in [0.15, 0.2) is 5.82 Å². The van der Waals surface area contributed by atoms with Gasteiger partial charge in [-0.2, -0.15) is 0 Å². The van der Waals surface area contributed by atoms with Crippen LogP contribution in [-0.4, -0.2) is 43.7 Å². The molecule has 0 fully saturated rings. The normalized spacial score (nSPS) is 14.4. The minimum absolute atomic E-state index is 0.117. The van der Waals surface area contributed by atoms with Crippen molar-refractivity contribution < 1.29 is 4.74 Å². The lowest BCUT2D eigenvalue weighted by atomic mass is 9.95. The Morgan fingerprint density at radius 2 is 1.76 bits per heavy atom. The molecule has 1 aliphatic rings. The first-order valence-corrected chi connectivity index (χ1v) is 12.8. The highest BCUT2D eigenvalue weighted by molar-refractivity contribution is 5.85. The van der Waals surface area contributed by atoms with E-state index in [1.807, 2.05) is 43.3 Å². The second-order valence-corrected chi connectivity index (χ2v) is 9.98. The molecule has 5 aromatic rings. The third-order valence-corrected chi connectivity index (χ3v) is 7.59. The van der Waals surface area contributed by atoms with Crippen molar-refractivity contribution in [1.29, 1.82) is 0 Å². The lowest BCUT2D eigenvalue weighted by molar-refractivity contribution is 0.194. The molecule has 0 amide bonds. The van der Waals surface area contributed by atoms with Gasteiger partial charge in [-0.3, -0.25) is 9.69 Å². The number of hydrogen-bond donors (Lipinski definition) is 1. The zero-order chi connectivity index (χ0) is 26.2. The minimum Gasteiger partial charge on any atom is -0.497 e. The van der Waals surface area contributed by atoms with Gasteiger partial charge in [0, 0.05) is 24.0 Å². The first kappa shape index (κ1) is 24.1. The summed E-state index contributed by atoms with van der Waals surface area (Å²) in [4.78, 5) is 19.2. The molecule has 8 heteroatoms. The molecule has 8 nitrogen and oxygen atoms in total. The van der Waals surface area contributed by atoms with Gasteiger partial charge in [0.25, 0.3) is 5.56 Å². The maximum Gasteiger partial charge on any atom is 0.253 e. The second kappa shape index (κ2) is 9.87. The Kier molecular flexibility index (Phi) is 6.25. The summed E-state index contributed by atoms with van der Waals surface area (Å²) in [5.74, 6) is 1.44.